The third-order valence-electron chi connectivity index (χ3n) is 15.3. The summed E-state index contributed by atoms with van der Waals surface area (Å²) in [4.78, 5) is 21.2. The molecular formula is C86H62Cl6IN4P2Rh+. The average Bonchev–Trinajstić information content (AvgIpc) is 1.61. The number of halogens is 7. The molecule has 0 saturated carbocycles. The fourth-order valence-corrected chi connectivity index (χ4v) is 14.9. The van der Waals surface area contributed by atoms with Gasteiger partial charge in [-0.25, -0.2) is 0 Å². The Morgan fingerprint density at radius 3 is 0.550 bits per heavy atom. The normalized spacial score (nSPS) is 11.1. The Morgan fingerprint density at radius 1 is 0.230 bits per heavy atom. The van der Waals surface area contributed by atoms with Gasteiger partial charge in [0.1, 0.15) is 37.1 Å². The number of hydrogen-bond acceptors (Lipinski definition) is 0. The van der Waals surface area contributed by atoms with E-state index < -0.39 is 24.4 Å². The van der Waals surface area contributed by atoms with Crippen molar-refractivity contribution in [2.45, 2.75) is 8.59 Å². The second-order valence-corrected chi connectivity index (χ2v) is 30.0. The molecule has 14 aromatic rings. The number of fused-ring (bicyclic) bond motifs is 8. The minimum absolute atomic E-state index is 0. The molecule has 8 bridgehead atoms. The van der Waals surface area contributed by atoms with Crippen LogP contribution < -0.4 is 65.1 Å². The van der Waals surface area contributed by atoms with E-state index in [0.717, 1.165) is 103 Å². The number of rotatable bonds is 8. The topological polar surface area (TPSA) is 56.4 Å². The van der Waals surface area contributed by atoms with Crippen LogP contribution >= 0.6 is 85.4 Å². The molecule has 15 rings (SSSR count). The largest absolute Gasteiger partial charge is 1.00 e. The molecule has 1 aliphatic rings. The quantitative estimate of drug-likeness (QED) is 0.0380. The Hall–Kier alpha value is -8.13. The summed E-state index contributed by atoms with van der Waals surface area (Å²) >= 11 is 28.8. The van der Waals surface area contributed by atoms with Crippen molar-refractivity contribution in [2.75, 3.05) is 0 Å². The smallest absolute Gasteiger partial charge is 0.180 e. The predicted octanol–water partition coefficient (Wildman–Crippen LogP) is 16.6. The molecule has 1 aliphatic heterocycles. The van der Waals surface area contributed by atoms with Crippen molar-refractivity contribution in [3.05, 3.63) is 454 Å². The van der Waals surface area contributed by atoms with Gasteiger partial charge in [-0.1, -0.05) is 179 Å². The van der Waals surface area contributed by atoms with E-state index in [1.54, 1.807) is 0 Å². The number of alkyl halides is 6. The minimum Gasteiger partial charge on any atom is -1.00 e. The third kappa shape index (κ3) is 21.5. The Bertz CT molecular complexity index is 4140. The molecule has 493 valence electrons. The summed E-state index contributed by atoms with van der Waals surface area (Å²) in [5.74, 6) is 10.6. The van der Waals surface area contributed by atoms with Crippen molar-refractivity contribution in [1.29, 1.82) is 0 Å². The second-order valence-electron chi connectivity index (χ2n) is 21.8. The van der Waals surface area contributed by atoms with Crippen molar-refractivity contribution >= 4 is 107 Å². The van der Waals surface area contributed by atoms with Gasteiger partial charge in [-0.15, -0.1) is 0 Å². The van der Waals surface area contributed by atoms with Crippen LogP contribution in [0, 0.1) is 46.8 Å². The van der Waals surface area contributed by atoms with Crippen molar-refractivity contribution in [3.63, 3.8) is 0 Å². The summed E-state index contributed by atoms with van der Waals surface area (Å²) in [7, 11) is -2.12. The van der Waals surface area contributed by atoms with Crippen molar-refractivity contribution < 1.29 is 43.5 Å². The second kappa shape index (κ2) is 39.8. The van der Waals surface area contributed by atoms with Crippen molar-refractivity contribution in [2.24, 2.45) is 0 Å². The van der Waals surface area contributed by atoms with Crippen LogP contribution in [0.25, 0.3) is 0 Å². The van der Waals surface area contributed by atoms with Crippen LogP contribution in [-0.4, -0.2) is 8.59 Å². The summed E-state index contributed by atoms with van der Waals surface area (Å²) in [5, 5.41) is 5.32. The molecule has 0 N–H and O–H groups in total. The third-order valence-corrected chi connectivity index (χ3v) is 19.7. The fourth-order valence-electron chi connectivity index (χ4n) is 11.0. The van der Waals surface area contributed by atoms with E-state index in [9.17, 15) is 0 Å². The van der Waals surface area contributed by atoms with Gasteiger partial charge in [0, 0.05) is 151 Å². The van der Waals surface area contributed by atoms with Crippen LogP contribution in [0.4, 0.5) is 0 Å². The maximum Gasteiger partial charge on any atom is 0.180 e. The van der Waals surface area contributed by atoms with Gasteiger partial charge in [-0.3, -0.25) is 0 Å². The van der Waals surface area contributed by atoms with Gasteiger partial charge < -0.3 is 43.9 Å². The zero-order chi connectivity index (χ0) is 67.7. The van der Waals surface area contributed by atoms with Gasteiger partial charge in [-0.05, 0) is 203 Å². The van der Waals surface area contributed by atoms with Gasteiger partial charge in [0.15, 0.2) is 8.59 Å². The first-order valence-electron chi connectivity index (χ1n) is 31.3. The predicted molar refractivity (Wildman–Crippen MR) is 417 cm³/mol. The van der Waals surface area contributed by atoms with Crippen molar-refractivity contribution in [3.8, 4) is 23.2 Å². The first-order valence-corrected chi connectivity index (χ1v) is 37.0. The maximum atomic E-state index is 5.31. The monoisotopic (exact) mass is 1650 g/mol. The molecule has 10 aromatic carbocycles. The Balaban J connectivity index is 0.000000186. The van der Waals surface area contributed by atoms with Gasteiger partial charge in [-0.2, -0.15) is 0 Å². The van der Waals surface area contributed by atoms with Crippen LogP contribution in [0.5, 0.6) is 0 Å². The molecule has 0 spiro atoms. The zero-order valence-corrected chi connectivity index (χ0v) is 63.7. The van der Waals surface area contributed by atoms with Crippen LogP contribution in [0.1, 0.15) is 78.9 Å². The first kappa shape index (κ1) is 76.1. The van der Waals surface area contributed by atoms with E-state index in [-0.39, 0.29) is 43.5 Å². The Kier molecular flexibility index (Phi) is 30.2. The summed E-state index contributed by atoms with van der Waals surface area (Å²) in [6.45, 7) is 0. The average molecular weight is 1660 g/mol. The molecule has 0 saturated heterocycles. The molecule has 4 nitrogen and oxygen atoms in total. The maximum absolute atomic E-state index is 5.31. The number of nitrogens with zero attached hydrogens (tertiary/aromatic N) is 4. The summed E-state index contributed by atoms with van der Waals surface area (Å²) in [6.07, 6.45) is 0. The molecule has 100 heavy (non-hydrogen) atoms. The van der Waals surface area contributed by atoms with Crippen LogP contribution in [0.15, 0.2) is 352 Å². The number of aromatic nitrogens is 4. The van der Waals surface area contributed by atoms with E-state index in [1.165, 1.54) is 21.2 Å². The van der Waals surface area contributed by atoms with Crippen LogP contribution in [0.3, 0.4) is 0 Å². The van der Waals surface area contributed by atoms with E-state index >= 15 is 0 Å². The summed E-state index contributed by atoms with van der Waals surface area (Å²) in [6, 6.07) is 121. The fraction of sp³-hybridized carbons (Fsp3) is 0.0233. The molecule has 0 unspecified atom stereocenters. The number of benzene rings is 10. The molecule has 0 aliphatic carbocycles. The van der Waals surface area contributed by atoms with E-state index in [1.807, 2.05) is 60.7 Å². The molecule has 14 heteroatoms. The molecule has 0 amide bonds. The molecular weight excluding hydrogens is 1590 g/mol. The molecule has 0 atom stereocenters. The molecule has 0 fully saturated rings. The van der Waals surface area contributed by atoms with Crippen molar-refractivity contribution in [1.82, 2.24) is 19.9 Å². The van der Waals surface area contributed by atoms with Crippen LogP contribution in [-0.2, 0) is 19.5 Å². The molecule has 1 radical (unpaired) electrons. The van der Waals surface area contributed by atoms with Gasteiger partial charge >= 0.3 is 0 Å². The van der Waals surface area contributed by atoms with E-state index in [4.69, 9.17) is 89.5 Å². The zero-order valence-electron chi connectivity index (χ0n) is 53.4. The van der Waals surface area contributed by atoms with E-state index in [0.29, 0.717) is 0 Å². The van der Waals surface area contributed by atoms with Gasteiger partial charge in [0.2, 0.25) is 0 Å². The number of hydrogen-bond donors (Lipinski definition) is 0. The Labute approximate surface area is 650 Å². The molecule has 5 heterocycles. The molecule has 4 aromatic heterocycles. The Morgan fingerprint density at radius 2 is 0.380 bits per heavy atom. The minimum atomic E-state index is -1.06. The van der Waals surface area contributed by atoms with Gasteiger partial charge in [0.25, 0.3) is 0 Å². The van der Waals surface area contributed by atoms with Gasteiger partial charge in [0.05, 0.1) is 33.6 Å². The van der Waals surface area contributed by atoms with Crippen LogP contribution in [0.2, 0.25) is 0 Å². The summed E-state index contributed by atoms with van der Waals surface area (Å²) < 4.78 is -1.50. The van der Waals surface area contributed by atoms with E-state index in [2.05, 4.69) is 314 Å². The summed E-state index contributed by atoms with van der Waals surface area (Å²) in [5.41, 5.74) is 20.3. The first-order chi connectivity index (χ1) is 48.1. The SMILES string of the molecule is C(#C[PH+](c1ccccc1)c1ccccc1)c1ccccc1.C(#C[PH+](c1ccccc1)c1ccccc1)c1ccccc1.ClC(Cl)Cl.ClC(Cl)Cl.[I-].[Rh].c1ccc([C+]2c3ccc([n-]3)[C+](c3ccccc3)c3ccc([n-]3)[C+](c3ccccc3)c3ccc([n-]3)[C+](c3ccccc3)c3ccc2[n-]3)cc1. The standard InChI is InChI=1S/C44H28N4.2C20H15P.2CHCl3.HI.Rh/c1-5-13-29(14-6-1)41-33-21-23-35(45-33)42(30-15-7-2-8-16-30)37-25-27-39(47-37)44(32-19-11-4-12-20-32)40-28-26-38(48-40)43(31-17-9-3-10-18-31)36-24-22-34(41)46-36;2*1-4-10-18(11-5-1)16-17-21(19-12-6-2-7-13-19)20-14-8-3-9-15-20;2*2-1(3)4;;/h1-28H;2*1-15H;2*1H;1H;/p+1.